The van der Waals surface area contributed by atoms with Crippen molar-refractivity contribution in [2.75, 3.05) is 12.4 Å². The summed E-state index contributed by atoms with van der Waals surface area (Å²) in [5.74, 6) is 0.860. The molecule has 1 aromatic carbocycles. The van der Waals surface area contributed by atoms with Crippen molar-refractivity contribution >= 4 is 29.1 Å². The first kappa shape index (κ1) is 13.3. The second kappa shape index (κ2) is 6.77. The van der Waals surface area contributed by atoms with Crippen molar-refractivity contribution in [2.24, 2.45) is 5.92 Å². The number of halogens is 2. The Bertz CT molecular complexity index is 355. The van der Waals surface area contributed by atoms with Gasteiger partial charge in [-0.2, -0.15) is 0 Å². The van der Waals surface area contributed by atoms with Crippen LogP contribution in [-0.4, -0.2) is 18.3 Å². The average Bonchev–Trinajstić information content (AvgIpc) is 2.27. The lowest BCUT2D eigenvalue weighted by Gasteiger charge is -2.11. The predicted molar refractivity (Wildman–Crippen MR) is 68.3 cm³/mol. The van der Waals surface area contributed by atoms with Crippen LogP contribution < -0.4 is 5.32 Å². The number of hydrogen-bond acceptors (Lipinski definition) is 1. The highest BCUT2D eigenvalue weighted by atomic mass is 35.5. The maximum atomic E-state index is 11.7. The Morgan fingerprint density at radius 1 is 1.44 bits per heavy atom. The van der Waals surface area contributed by atoms with Crippen LogP contribution in [0.5, 0.6) is 0 Å². The summed E-state index contributed by atoms with van der Waals surface area (Å²) >= 11 is 11.5. The first-order valence-corrected chi connectivity index (χ1v) is 6.15. The van der Waals surface area contributed by atoms with E-state index in [9.17, 15) is 4.79 Å². The van der Waals surface area contributed by atoms with Gasteiger partial charge in [0.2, 0.25) is 0 Å². The summed E-state index contributed by atoms with van der Waals surface area (Å²) in [6.07, 6.45) is 0.893. The van der Waals surface area contributed by atoms with E-state index in [1.807, 2.05) is 0 Å². The third kappa shape index (κ3) is 4.03. The highest BCUT2D eigenvalue weighted by Gasteiger charge is 2.10. The molecule has 1 aromatic rings. The van der Waals surface area contributed by atoms with E-state index in [0.717, 1.165) is 6.42 Å². The molecule has 0 aliphatic carbocycles. The molecule has 0 aliphatic heterocycles. The van der Waals surface area contributed by atoms with Gasteiger partial charge in [-0.25, -0.2) is 0 Å². The van der Waals surface area contributed by atoms with Gasteiger partial charge in [-0.15, -0.1) is 11.6 Å². The highest BCUT2D eigenvalue weighted by Crippen LogP contribution is 2.14. The smallest absolute Gasteiger partial charge is 0.252 e. The van der Waals surface area contributed by atoms with Crippen LogP contribution in [-0.2, 0) is 0 Å². The molecule has 0 bridgehead atoms. The van der Waals surface area contributed by atoms with Gasteiger partial charge in [0.15, 0.2) is 0 Å². The van der Waals surface area contributed by atoms with Gasteiger partial charge in [0, 0.05) is 12.4 Å². The van der Waals surface area contributed by atoms with E-state index in [2.05, 4.69) is 12.2 Å². The lowest BCUT2D eigenvalue weighted by molar-refractivity contribution is 0.0948. The zero-order valence-electron chi connectivity index (χ0n) is 9.17. The molecule has 0 saturated heterocycles. The molecule has 1 unspecified atom stereocenters. The van der Waals surface area contributed by atoms with E-state index in [-0.39, 0.29) is 5.91 Å². The van der Waals surface area contributed by atoms with Gasteiger partial charge in [0.25, 0.3) is 5.91 Å². The van der Waals surface area contributed by atoms with Crippen LogP contribution >= 0.6 is 23.2 Å². The quantitative estimate of drug-likeness (QED) is 0.808. The third-order valence-corrected chi connectivity index (χ3v) is 2.88. The van der Waals surface area contributed by atoms with E-state index < -0.39 is 0 Å². The minimum atomic E-state index is -0.132. The molecule has 0 heterocycles. The molecule has 88 valence electrons. The van der Waals surface area contributed by atoms with Crippen molar-refractivity contribution in [3.63, 3.8) is 0 Å². The maximum Gasteiger partial charge on any atom is 0.252 e. The lowest BCUT2D eigenvalue weighted by Crippen LogP contribution is -2.28. The molecule has 1 amide bonds. The average molecular weight is 260 g/mol. The first-order chi connectivity index (χ1) is 7.65. The lowest BCUT2D eigenvalue weighted by atomic mass is 10.1. The molecule has 0 aliphatic rings. The Labute approximate surface area is 106 Å². The number of carbonyl (C=O) groups excluding carboxylic acids is 1. The molecule has 4 heteroatoms. The summed E-state index contributed by atoms with van der Waals surface area (Å²) in [6, 6.07) is 7.01. The Kier molecular flexibility index (Phi) is 5.64. The van der Waals surface area contributed by atoms with Crippen LogP contribution in [0.3, 0.4) is 0 Å². The van der Waals surface area contributed by atoms with Crippen molar-refractivity contribution in [1.29, 1.82) is 0 Å². The van der Waals surface area contributed by atoms with E-state index >= 15 is 0 Å². The zero-order chi connectivity index (χ0) is 12.0. The standard InChI is InChI=1S/C12H15Cl2NO/c1-9(6-7-13)8-15-12(16)10-4-2-3-5-11(10)14/h2-5,9H,6-8H2,1H3,(H,15,16). The topological polar surface area (TPSA) is 29.1 Å². The second-order valence-corrected chi connectivity index (χ2v) is 4.56. The summed E-state index contributed by atoms with van der Waals surface area (Å²) in [4.78, 5) is 11.7. The number of rotatable bonds is 5. The first-order valence-electron chi connectivity index (χ1n) is 5.24. The summed E-state index contributed by atoms with van der Waals surface area (Å²) in [5, 5.41) is 3.32. The number of carbonyl (C=O) groups is 1. The fraction of sp³-hybridized carbons (Fsp3) is 0.417. The second-order valence-electron chi connectivity index (χ2n) is 3.77. The van der Waals surface area contributed by atoms with Crippen LogP contribution in [0.25, 0.3) is 0 Å². The number of alkyl halides is 1. The Morgan fingerprint density at radius 2 is 2.12 bits per heavy atom. The molecular formula is C12H15Cl2NO. The molecular weight excluding hydrogens is 245 g/mol. The minimum Gasteiger partial charge on any atom is -0.352 e. The van der Waals surface area contributed by atoms with Gasteiger partial charge in [0.05, 0.1) is 10.6 Å². The number of benzene rings is 1. The van der Waals surface area contributed by atoms with Crippen molar-refractivity contribution in [3.8, 4) is 0 Å². The predicted octanol–water partition coefficient (Wildman–Crippen LogP) is 3.33. The van der Waals surface area contributed by atoms with Crippen molar-refractivity contribution in [2.45, 2.75) is 13.3 Å². The summed E-state index contributed by atoms with van der Waals surface area (Å²) < 4.78 is 0. The summed E-state index contributed by atoms with van der Waals surface area (Å²) in [7, 11) is 0. The van der Waals surface area contributed by atoms with Crippen LogP contribution in [0.4, 0.5) is 0 Å². The van der Waals surface area contributed by atoms with Crippen molar-refractivity contribution in [1.82, 2.24) is 5.32 Å². The molecule has 1 atom stereocenters. The third-order valence-electron chi connectivity index (χ3n) is 2.33. The molecule has 16 heavy (non-hydrogen) atoms. The number of hydrogen-bond donors (Lipinski definition) is 1. The molecule has 0 fully saturated rings. The Balaban J connectivity index is 2.50. The van der Waals surface area contributed by atoms with Crippen molar-refractivity contribution < 1.29 is 4.79 Å². The van der Waals surface area contributed by atoms with Gasteiger partial charge in [0.1, 0.15) is 0 Å². The SMILES string of the molecule is CC(CCCl)CNC(=O)c1ccccc1Cl. The van der Waals surface area contributed by atoms with E-state index in [1.165, 1.54) is 0 Å². The van der Waals surface area contributed by atoms with Crippen molar-refractivity contribution in [3.05, 3.63) is 34.9 Å². The zero-order valence-corrected chi connectivity index (χ0v) is 10.7. The van der Waals surface area contributed by atoms with Crippen LogP contribution in [0.1, 0.15) is 23.7 Å². The van der Waals surface area contributed by atoms with E-state index in [4.69, 9.17) is 23.2 Å². The molecule has 0 radical (unpaired) electrons. The molecule has 2 nitrogen and oxygen atoms in total. The molecule has 0 spiro atoms. The van der Waals surface area contributed by atoms with E-state index in [1.54, 1.807) is 24.3 Å². The maximum absolute atomic E-state index is 11.7. The fourth-order valence-electron chi connectivity index (χ4n) is 1.30. The normalized spacial score (nSPS) is 12.2. The fourth-order valence-corrected chi connectivity index (χ4v) is 1.89. The molecule has 0 saturated carbocycles. The van der Waals surface area contributed by atoms with Crippen LogP contribution in [0.15, 0.2) is 24.3 Å². The van der Waals surface area contributed by atoms with Crippen LogP contribution in [0, 0.1) is 5.92 Å². The van der Waals surface area contributed by atoms with Gasteiger partial charge in [-0.05, 0) is 24.5 Å². The largest absolute Gasteiger partial charge is 0.352 e. The minimum absolute atomic E-state index is 0.132. The number of nitrogens with one attached hydrogen (secondary N) is 1. The molecule has 0 aromatic heterocycles. The molecule has 1 rings (SSSR count). The summed E-state index contributed by atoms with van der Waals surface area (Å²) in [6.45, 7) is 2.67. The number of amides is 1. The monoisotopic (exact) mass is 259 g/mol. The van der Waals surface area contributed by atoms with Gasteiger partial charge in [-0.3, -0.25) is 4.79 Å². The highest BCUT2D eigenvalue weighted by molar-refractivity contribution is 6.33. The van der Waals surface area contributed by atoms with Gasteiger partial charge < -0.3 is 5.32 Å². The summed E-state index contributed by atoms with van der Waals surface area (Å²) in [5.41, 5.74) is 0.516. The molecule has 1 N–H and O–H groups in total. The Morgan fingerprint density at radius 3 is 2.75 bits per heavy atom. The van der Waals surface area contributed by atoms with Crippen LogP contribution in [0.2, 0.25) is 5.02 Å². The van der Waals surface area contributed by atoms with Gasteiger partial charge in [-0.1, -0.05) is 30.7 Å². The van der Waals surface area contributed by atoms with Gasteiger partial charge >= 0.3 is 0 Å². The Hall–Kier alpha value is -0.730. The van der Waals surface area contributed by atoms with E-state index in [0.29, 0.717) is 28.9 Å².